The van der Waals surface area contributed by atoms with Gasteiger partial charge in [-0.15, -0.1) is 10.2 Å². The smallest absolute Gasteiger partial charge is 0.188 e. The zero-order valence-corrected chi connectivity index (χ0v) is 8.21. The molecule has 5 heteroatoms. The Hall–Kier alpha value is -2.30. The van der Waals surface area contributed by atoms with Gasteiger partial charge in [0.2, 0.25) is 0 Å². The molecular formula is C11H7FN4. The van der Waals surface area contributed by atoms with Gasteiger partial charge < -0.3 is 0 Å². The minimum atomic E-state index is -0.331. The van der Waals surface area contributed by atoms with Crippen LogP contribution in [0.25, 0.3) is 17.0 Å². The first kappa shape index (κ1) is 8.96. The lowest BCUT2D eigenvalue weighted by molar-refractivity contribution is 0.629. The van der Waals surface area contributed by atoms with Gasteiger partial charge in [-0.2, -0.15) is 9.61 Å². The van der Waals surface area contributed by atoms with Gasteiger partial charge >= 0.3 is 0 Å². The molecule has 3 aromatic rings. The molecule has 0 aliphatic rings. The largest absolute Gasteiger partial charge is 0.206 e. The second-order valence-corrected chi connectivity index (χ2v) is 3.30. The van der Waals surface area contributed by atoms with E-state index >= 15 is 0 Å². The van der Waals surface area contributed by atoms with E-state index in [4.69, 9.17) is 0 Å². The zero-order chi connectivity index (χ0) is 11.0. The quantitative estimate of drug-likeness (QED) is 0.621. The van der Waals surface area contributed by atoms with Crippen molar-refractivity contribution in [3.05, 3.63) is 48.4 Å². The average Bonchev–Trinajstić information content (AvgIpc) is 2.74. The lowest BCUT2D eigenvalue weighted by Gasteiger charge is -1.99. The fourth-order valence-corrected chi connectivity index (χ4v) is 1.55. The number of benzene rings is 1. The third kappa shape index (κ3) is 1.25. The van der Waals surface area contributed by atoms with Crippen LogP contribution in [0.5, 0.6) is 0 Å². The van der Waals surface area contributed by atoms with Crippen molar-refractivity contribution in [3.8, 4) is 11.4 Å². The number of nitrogens with zero attached hydrogens (tertiary/aromatic N) is 4. The molecule has 2 aromatic heterocycles. The maximum Gasteiger partial charge on any atom is 0.188 e. The van der Waals surface area contributed by atoms with E-state index in [-0.39, 0.29) is 5.82 Å². The van der Waals surface area contributed by atoms with Gasteiger partial charge in [0.05, 0.1) is 5.56 Å². The van der Waals surface area contributed by atoms with E-state index in [1.54, 1.807) is 36.5 Å². The molecule has 0 bridgehead atoms. The van der Waals surface area contributed by atoms with Crippen molar-refractivity contribution in [1.82, 2.24) is 19.8 Å². The van der Waals surface area contributed by atoms with Crippen LogP contribution in [0.2, 0.25) is 0 Å². The van der Waals surface area contributed by atoms with Crippen molar-refractivity contribution in [2.24, 2.45) is 0 Å². The maximum absolute atomic E-state index is 13.6. The molecule has 0 saturated heterocycles. The third-order valence-corrected chi connectivity index (χ3v) is 2.29. The summed E-state index contributed by atoms with van der Waals surface area (Å²) < 4.78 is 15.1. The molecule has 1 aromatic carbocycles. The summed E-state index contributed by atoms with van der Waals surface area (Å²) in [7, 11) is 0. The van der Waals surface area contributed by atoms with E-state index in [0.717, 1.165) is 0 Å². The third-order valence-electron chi connectivity index (χ3n) is 2.29. The van der Waals surface area contributed by atoms with Crippen LogP contribution in [-0.4, -0.2) is 19.8 Å². The van der Waals surface area contributed by atoms with Crippen LogP contribution in [0, 0.1) is 5.82 Å². The SMILES string of the molecule is Fc1ccccc1-c1nnc2cccnn12. The number of hydrogen-bond acceptors (Lipinski definition) is 3. The molecular weight excluding hydrogens is 207 g/mol. The molecule has 78 valence electrons. The Balaban J connectivity index is 2.31. The average molecular weight is 214 g/mol. The van der Waals surface area contributed by atoms with Crippen molar-refractivity contribution in [3.63, 3.8) is 0 Å². The number of hydrogen-bond donors (Lipinski definition) is 0. The molecule has 0 aliphatic heterocycles. The Morgan fingerprint density at radius 1 is 1.00 bits per heavy atom. The van der Waals surface area contributed by atoms with Gasteiger partial charge in [-0.25, -0.2) is 4.39 Å². The van der Waals surface area contributed by atoms with Crippen LogP contribution >= 0.6 is 0 Å². The molecule has 16 heavy (non-hydrogen) atoms. The predicted molar refractivity (Wildman–Crippen MR) is 56.2 cm³/mol. The van der Waals surface area contributed by atoms with Crippen LogP contribution in [0.3, 0.4) is 0 Å². The van der Waals surface area contributed by atoms with E-state index in [1.165, 1.54) is 10.6 Å². The van der Waals surface area contributed by atoms with Gasteiger partial charge in [0.25, 0.3) is 0 Å². The summed E-state index contributed by atoms with van der Waals surface area (Å²) in [5.74, 6) is 0.0798. The lowest BCUT2D eigenvalue weighted by Crippen LogP contribution is -1.95. The van der Waals surface area contributed by atoms with Gasteiger partial charge in [0.1, 0.15) is 5.82 Å². The summed E-state index contributed by atoms with van der Waals surface area (Å²) in [4.78, 5) is 0. The number of halogens is 1. The summed E-state index contributed by atoms with van der Waals surface area (Å²) in [5.41, 5.74) is 0.995. The summed E-state index contributed by atoms with van der Waals surface area (Å²) >= 11 is 0. The highest BCUT2D eigenvalue weighted by molar-refractivity contribution is 5.58. The second-order valence-electron chi connectivity index (χ2n) is 3.30. The van der Waals surface area contributed by atoms with Gasteiger partial charge in [0, 0.05) is 6.20 Å². The summed E-state index contributed by atoms with van der Waals surface area (Å²) in [6.07, 6.45) is 1.61. The number of fused-ring (bicyclic) bond motifs is 1. The Labute approximate surface area is 90.4 Å². The topological polar surface area (TPSA) is 43.1 Å². The van der Waals surface area contributed by atoms with Gasteiger partial charge in [-0.1, -0.05) is 12.1 Å². The fraction of sp³-hybridized carbons (Fsp3) is 0. The highest BCUT2D eigenvalue weighted by atomic mass is 19.1. The van der Waals surface area contributed by atoms with E-state index < -0.39 is 0 Å². The van der Waals surface area contributed by atoms with Gasteiger partial charge in [-0.05, 0) is 24.3 Å². The van der Waals surface area contributed by atoms with Crippen LogP contribution in [-0.2, 0) is 0 Å². The maximum atomic E-state index is 13.6. The predicted octanol–water partition coefficient (Wildman–Crippen LogP) is 1.93. The standard InChI is InChI=1S/C11H7FN4/c12-9-5-2-1-4-8(9)11-15-14-10-6-3-7-13-16(10)11/h1-7H. The zero-order valence-electron chi connectivity index (χ0n) is 8.21. The molecule has 0 atom stereocenters. The Bertz CT molecular complexity index is 647. The first-order valence-corrected chi connectivity index (χ1v) is 4.77. The molecule has 2 heterocycles. The van der Waals surface area contributed by atoms with Crippen LogP contribution in [0.15, 0.2) is 42.6 Å². The Morgan fingerprint density at radius 3 is 2.75 bits per heavy atom. The molecule has 0 unspecified atom stereocenters. The van der Waals surface area contributed by atoms with Gasteiger partial charge in [-0.3, -0.25) is 0 Å². The highest BCUT2D eigenvalue weighted by Gasteiger charge is 2.11. The summed E-state index contributed by atoms with van der Waals surface area (Å²) in [6, 6.07) is 9.96. The van der Waals surface area contributed by atoms with Gasteiger partial charge in [0.15, 0.2) is 11.5 Å². The van der Waals surface area contributed by atoms with Crippen LogP contribution in [0.4, 0.5) is 4.39 Å². The minimum absolute atomic E-state index is 0.331. The Morgan fingerprint density at radius 2 is 1.88 bits per heavy atom. The van der Waals surface area contributed by atoms with E-state index in [1.807, 2.05) is 0 Å². The number of aromatic nitrogens is 4. The Kier molecular flexibility index (Phi) is 1.89. The molecule has 0 aliphatic carbocycles. The molecule has 3 rings (SSSR count). The molecule has 0 radical (unpaired) electrons. The van der Waals surface area contributed by atoms with E-state index in [0.29, 0.717) is 17.0 Å². The van der Waals surface area contributed by atoms with Crippen LogP contribution in [0.1, 0.15) is 0 Å². The van der Waals surface area contributed by atoms with Crippen molar-refractivity contribution in [1.29, 1.82) is 0 Å². The first-order chi connectivity index (χ1) is 7.86. The van der Waals surface area contributed by atoms with Crippen molar-refractivity contribution in [2.75, 3.05) is 0 Å². The van der Waals surface area contributed by atoms with E-state index in [2.05, 4.69) is 15.3 Å². The molecule has 0 spiro atoms. The summed E-state index contributed by atoms with van der Waals surface area (Å²) in [6.45, 7) is 0. The molecule has 0 saturated carbocycles. The second kappa shape index (κ2) is 3.37. The monoisotopic (exact) mass is 214 g/mol. The fourth-order valence-electron chi connectivity index (χ4n) is 1.55. The van der Waals surface area contributed by atoms with Crippen molar-refractivity contribution in [2.45, 2.75) is 0 Å². The van der Waals surface area contributed by atoms with E-state index in [9.17, 15) is 4.39 Å². The molecule has 0 fully saturated rings. The molecule has 0 N–H and O–H groups in total. The lowest BCUT2D eigenvalue weighted by atomic mass is 10.2. The molecule has 0 amide bonds. The normalized spacial score (nSPS) is 10.8. The van der Waals surface area contributed by atoms with Crippen molar-refractivity contribution < 1.29 is 4.39 Å². The molecule has 4 nitrogen and oxygen atoms in total. The minimum Gasteiger partial charge on any atom is -0.206 e. The van der Waals surface area contributed by atoms with Crippen molar-refractivity contribution >= 4 is 5.65 Å². The first-order valence-electron chi connectivity index (χ1n) is 4.77. The highest BCUT2D eigenvalue weighted by Crippen LogP contribution is 2.19. The summed E-state index contributed by atoms with van der Waals surface area (Å²) in [5, 5.41) is 11.9. The van der Waals surface area contributed by atoms with Crippen LogP contribution < -0.4 is 0 Å². The number of rotatable bonds is 1.